The highest BCUT2D eigenvalue weighted by molar-refractivity contribution is 6.30. The Morgan fingerprint density at radius 2 is 2.13 bits per heavy atom. The van der Waals surface area contributed by atoms with Crippen molar-refractivity contribution in [1.82, 2.24) is 0 Å². The summed E-state index contributed by atoms with van der Waals surface area (Å²) in [7, 11) is 0. The molecular weight excluding hydrogens is 213 g/mol. The van der Waals surface area contributed by atoms with Gasteiger partial charge < -0.3 is 5.73 Å². The Morgan fingerprint density at radius 3 is 2.60 bits per heavy atom. The van der Waals surface area contributed by atoms with Crippen molar-refractivity contribution in [3.05, 3.63) is 34.6 Å². The minimum Gasteiger partial charge on any atom is -0.328 e. The lowest BCUT2D eigenvalue weighted by atomic mass is 9.91. The molecule has 0 heterocycles. The third kappa shape index (κ3) is 3.47. The predicted molar refractivity (Wildman–Crippen MR) is 62.5 cm³/mol. The Morgan fingerprint density at radius 1 is 1.47 bits per heavy atom. The van der Waals surface area contributed by atoms with E-state index in [1.807, 2.05) is 6.92 Å². The van der Waals surface area contributed by atoms with Gasteiger partial charge in [0, 0.05) is 6.04 Å². The van der Waals surface area contributed by atoms with Crippen molar-refractivity contribution in [3.8, 4) is 0 Å². The van der Waals surface area contributed by atoms with E-state index < -0.39 is 0 Å². The number of rotatable bonds is 4. The van der Waals surface area contributed by atoms with Crippen LogP contribution in [-0.4, -0.2) is 6.04 Å². The van der Waals surface area contributed by atoms with Gasteiger partial charge >= 0.3 is 0 Å². The van der Waals surface area contributed by atoms with Gasteiger partial charge in [0.2, 0.25) is 0 Å². The van der Waals surface area contributed by atoms with Crippen LogP contribution < -0.4 is 5.73 Å². The summed E-state index contributed by atoms with van der Waals surface area (Å²) in [6.45, 7) is 4.11. The summed E-state index contributed by atoms with van der Waals surface area (Å²) in [6, 6.07) is 5.01. The van der Waals surface area contributed by atoms with Gasteiger partial charge in [0.15, 0.2) is 0 Å². The molecule has 1 aromatic rings. The minimum atomic E-state index is -0.366. The summed E-state index contributed by atoms with van der Waals surface area (Å²) in [5, 5.41) is 0.187. The Kier molecular flexibility index (Phi) is 4.55. The molecule has 2 unspecified atom stereocenters. The normalized spacial score (nSPS) is 15.0. The second-order valence-electron chi connectivity index (χ2n) is 3.98. The van der Waals surface area contributed by atoms with E-state index >= 15 is 0 Å². The molecule has 0 amide bonds. The summed E-state index contributed by atoms with van der Waals surface area (Å²) in [5.74, 6) is 0.0563. The maximum Gasteiger partial charge on any atom is 0.141 e. The van der Waals surface area contributed by atoms with E-state index in [1.165, 1.54) is 6.07 Å². The first kappa shape index (κ1) is 12.5. The Labute approximate surface area is 95.4 Å². The molecule has 0 radical (unpaired) electrons. The fourth-order valence-corrected chi connectivity index (χ4v) is 1.87. The van der Waals surface area contributed by atoms with E-state index in [2.05, 4.69) is 6.92 Å². The first-order chi connectivity index (χ1) is 7.04. The monoisotopic (exact) mass is 229 g/mol. The molecule has 84 valence electrons. The molecule has 0 spiro atoms. The van der Waals surface area contributed by atoms with Crippen molar-refractivity contribution in [1.29, 1.82) is 0 Å². The number of benzene rings is 1. The van der Waals surface area contributed by atoms with Gasteiger partial charge in [0.1, 0.15) is 5.82 Å². The minimum absolute atomic E-state index is 0.152. The van der Waals surface area contributed by atoms with Gasteiger partial charge in [-0.3, -0.25) is 0 Å². The zero-order valence-electron chi connectivity index (χ0n) is 9.13. The average molecular weight is 230 g/mol. The Hall–Kier alpha value is -0.600. The highest BCUT2D eigenvalue weighted by atomic mass is 35.5. The molecule has 15 heavy (non-hydrogen) atoms. The van der Waals surface area contributed by atoms with Crippen molar-refractivity contribution in [3.63, 3.8) is 0 Å². The molecule has 2 N–H and O–H groups in total. The summed E-state index contributed by atoms with van der Waals surface area (Å²) in [5.41, 5.74) is 6.90. The maximum absolute atomic E-state index is 12.9. The molecule has 0 bridgehead atoms. The molecule has 0 aliphatic heterocycles. The van der Waals surface area contributed by atoms with E-state index in [0.717, 1.165) is 18.4 Å². The second kappa shape index (κ2) is 5.47. The molecule has 1 nitrogen and oxygen atoms in total. The first-order valence-corrected chi connectivity index (χ1v) is 5.62. The van der Waals surface area contributed by atoms with E-state index in [1.54, 1.807) is 12.1 Å². The lowest BCUT2D eigenvalue weighted by molar-refractivity contribution is 0.427. The Bertz CT molecular complexity index is 325. The van der Waals surface area contributed by atoms with Crippen molar-refractivity contribution in [2.45, 2.75) is 32.7 Å². The molecule has 0 saturated carbocycles. The van der Waals surface area contributed by atoms with E-state index in [4.69, 9.17) is 17.3 Å². The zero-order chi connectivity index (χ0) is 11.4. The summed E-state index contributed by atoms with van der Waals surface area (Å²) < 4.78 is 12.9. The van der Waals surface area contributed by atoms with E-state index in [0.29, 0.717) is 5.92 Å². The van der Waals surface area contributed by atoms with Gasteiger partial charge in [-0.15, -0.1) is 0 Å². The summed E-state index contributed by atoms with van der Waals surface area (Å²) in [6.07, 6.45) is 1.88. The maximum atomic E-state index is 12.9. The van der Waals surface area contributed by atoms with Crippen LogP contribution in [0.15, 0.2) is 18.2 Å². The topological polar surface area (TPSA) is 26.0 Å². The SMILES string of the molecule is CCC(Cc1ccc(F)c(Cl)c1)C(C)N. The van der Waals surface area contributed by atoms with Gasteiger partial charge in [0.25, 0.3) is 0 Å². The first-order valence-electron chi connectivity index (χ1n) is 5.24. The van der Waals surface area contributed by atoms with Crippen molar-refractivity contribution < 1.29 is 4.39 Å². The standard InChI is InChI=1S/C12H17ClFN/c1-3-10(8(2)15)6-9-4-5-12(14)11(13)7-9/h4-5,7-8,10H,3,6,15H2,1-2H3. The molecule has 2 atom stereocenters. The third-order valence-electron chi connectivity index (χ3n) is 2.75. The van der Waals surface area contributed by atoms with Crippen LogP contribution in [0, 0.1) is 11.7 Å². The van der Waals surface area contributed by atoms with Crippen LogP contribution in [-0.2, 0) is 6.42 Å². The van der Waals surface area contributed by atoms with Crippen molar-refractivity contribution in [2.24, 2.45) is 11.7 Å². The van der Waals surface area contributed by atoms with Crippen LogP contribution >= 0.6 is 11.6 Å². The molecule has 0 aliphatic carbocycles. The molecular formula is C12H17ClFN. The predicted octanol–water partition coefficient (Wildman–Crippen LogP) is 3.40. The Balaban J connectivity index is 2.75. The fourth-order valence-electron chi connectivity index (χ4n) is 1.67. The molecule has 1 aromatic carbocycles. The second-order valence-corrected chi connectivity index (χ2v) is 4.39. The van der Waals surface area contributed by atoms with Crippen LogP contribution in [0.1, 0.15) is 25.8 Å². The van der Waals surface area contributed by atoms with Crippen molar-refractivity contribution >= 4 is 11.6 Å². The number of hydrogen-bond acceptors (Lipinski definition) is 1. The van der Waals surface area contributed by atoms with E-state index in [-0.39, 0.29) is 16.9 Å². The largest absolute Gasteiger partial charge is 0.328 e. The molecule has 0 saturated heterocycles. The fraction of sp³-hybridized carbons (Fsp3) is 0.500. The third-order valence-corrected chi connectivity index (χ3v) is 3.04. The van der Waals surface area contributed by atoms with Crippen LogP contribution in [0.3, 0.4) is 0 Å². The lowest BCUT2D eigenvalue weighted by Gasteiger charge is -2.18. The highest BCUT2D eigenvalue weighted by Crippen LogP contribution is 2.20. The number of halogens is 2. The van der Waals surface area contributed by atoms with Crippen LogP contribution in [0.4, 0.5) is 4.39 Å². The summed E-state index contributed by atoms with van der Waals surface area (Å²) >= 11 is 5.71. The van der Waals surface area contributed by atoms with Crippen LogP contribution in [0.2, 0.25) is 5.02 Å². The quantitative estimate of drug-likeness (QED) is 0.842. The van der Waals surface area contributed by atoms with Gasteiger partial charge in [0.05, 0.1) is 5.02 Å². The summed E-state index contributed by atoms with van der Waals surface area (Å²) in [4.78, 5) is 0. The van der Waals surface area contributed by atoms with Crippen molar-refractivity contribution in [2.75, 3.05) is 0 Å². The molecule has 0 aromatic heterocycles. The van der Waals surface area contributed by atoms with Gasteiger partial charge in [-0.2, -0.15) is 0 Å². The van der Waals surface area contributed by atoms with E-state index in [9.17, 15) is 4.39 Å². The number of hydrogen-bond donors (Lipinski definition) is 1. The van der Waals surface area contributed by atoms with Crippen LogP contribution in [0.25, 0.3) is 0 Å². The number of nitrogens with two attached hydrogens (primary N) is 1. The van der Waals surface area contributed by atoms with Crippen LogP contribution in [0.5, 0.6) is 0 Å². The molecule has 0 fully saturated rings. The average Bonchev–Trinajstić information content (AvgIpc) is 2.19. The molecule has 0 aliphatic rings. The zero-order valence-corrected chi connectivity index (χ0v) is 9.89. The van der Waals surface area contributed by atoms with Gasteiger partial charge in [-0.1, -0.05) is 31.0 Å². The smallest absolute Gasteiger partial charge is 0.141 e. The lowest BCUT2D eigenvalue weighted by Crippen LogP contribution is -2.27. The molecule has 3 heteroatoms. The van der Waals surface area contributed by atoms with Gasteiger partial charge in [-0.05, 0) is 37.0 Å². The molecule has 1 rings (SSSR count). The van der Waals surface area contributed by atoms with Gasteiger partial charge in [-0.25, -0.2) is 4.39 Å². The highest BCUT2D eigenvalue weighted by Gasteiger charge is 2.12.